The molecule has 0 aromatic heterocycles. The third-order valence-corrected chi connectivity index (χ3v) is 3.90. The maximum Gasteiger partial charge on any atom is 0.335 e. The number of rotatable bonds is 7. The van der Waals surface area contributed by atoms with Crippen molar-refractivity contribution in [1.82, 2.24) is 15.5 Å². The van der Waals surface area contributed by atoms with E-state index < -0.39 is 5.97 Å². The van der Waals surface area contributed by atoms with Crippen molar-refractivity contribution in [3.63, 3.8) is 0 Å². The molecule has 128 valence electrons. The van der Waals surface area contributed by atoms with E-state index in [1.54, 1.807) is 12.1 Å². The number of nitrogens with zero attached hydrogens (tertiary/aromatic N) is 1. The van der Waals surface area contributed by atoms with Crippen LogP contribution in [0.4, 0.5) is 4.79 Å². The molecule has 1 rings (SSSR count). The summed E-state index contributed by atoms with van der Waals surface area (Å²) in [6.45, 7) is 7.44. The zero-order valence-electron chi connectivity index (χ0n) is 14.5. The van der Waals surface area contributed by atoms with Gasteiger partial charge in [0.15, 0.2) is 0 Å². The van der Waals surface area contributed by atoms with E-state index in [1.807, 2.05) is 21.0 Å². The lowest BCUT2D eigenvalue weighted by atomic mass is 9.85. The second-order valence-corrected chi connectivity index (χ2v) is 6.78. The molecule has 0 saturated heterocycles. The molecule has 1 atom stereocenters. The van der Waals surface area contributed by atoms with E-state index in [0.29, 0.717) is 6.54 Å². The Labute approximate surface area is 137 Å². The first-order chi connectivity index (χ1) is 10.6. The van der Waals surface area contributed by atoms with Crippen molar-refractivity contribution >= 4 is 12.0 Å². The van der Waals surface area contributed by atoms with Crippen molar-refractivity contribution in [2.45, 2.75) is 33.4 Å². The van der Waals surface area contributed by atoms with Crippen molar-refractivity contribution in [3.8, 4) is 0 Å². The topological polar surface area (TPSA) is 81.7 Å². The molecule has 1 unspecified atom stereocenters. The highest BCUT2D eigenvalue weighted by Crippen LogP contribution is 2.21. The molecule has 1 aromatic carbocycles. The highest BCUT2D eigenvalue weighted by atomic mass is 16.4. The number of urea groups is 1. The number of carboxylic acid groups (broad SMARTS) is 1. The van der Waals surface area contributed by atoms with E-state index in [9.17, 15) is 9.59 Å². The predicted octanol–water partition coefficient (Wildman–Crippen LogP) is 2.16. The number of nitrogens with one attached hydrogen (secondary N) is 2. The summed E-state index contributed by atoms with van der Waals surface area (Å²) >= 11 is 0. The lowest BCUT2D eigenvalue weighted by Gasteiger charge is -2.34. The Morgan fingerprint density at radius 2 is 1.78 bits per heavy atom. The summed E-state index contributed by atoms with van der Waals surface area (Å²) in [7, 11) is 4.02. The summed E-state index contributed by atoms with van der Waals surface area (Å²) in [5, 5.41) is 14.6. The second-order valence-electron chi connectivity index (χ2n) is 6.78. The maximum absolute atomic E-state index is 12.0. The van der Waals surface area contributed by atoms with Crippen LogP contribution in [-0.2, 0) is 6.54 Å². The van der Waals surface area contributed by atoms with Gasteiger partial charge < -0.3 is 20.6 Å². The maximum atomic E-state index is 12.0. The Morgan fingerprint density at radius 1 is 1.22 bits per heavy atom. The summed E-state index contributed by atoms with van der Waals surface area (Å²) in [6.07, 6.45) is 0. The molecule has 0 aliphatic heterocycles. The molecule has 0 heterocycles. The van der Waals surface area contributed by atoms with Crippen molar-refractivity contribution in [2.75, 3.05) is 20.6 Å². The van der Waals surface area contributed by atoms with Crippen LogP contribution in [0.5, 0.6) is 0 Å². The first-order valence-electron chi connectivity index (χ1n) is 7.63. The zero-order valence-corrected chi connectivity index (χ0v) is 14.5. The highest BCUT2D eigenvalue weighted by Gasteiger charge is 2.27. The lowest BCUT2D eigenvalue weighted by Crippen LogP contribution is -2.50. The van der Waals surface area contributed by atoms with Gasteiger partial charge in [0.1, 0.15) is 0 Å². The smallest absolute Gasteiger partial charge is 0.335 e. The van der Waals surface area contributed by atoms with E-state index >= 15 is 0 Å². The van der Waals surface area contributed by atoms with Crippen molar-refractivity contribution in [2.24, 2.45) is 5.41 Å². The SMILES string of the molecule is CC(NC(=O)NCc1ccc(C(=O)O)cc1)C(C)(C)CN(C)C. The molecule has 1 aromatic rings. The van der Waals surface area contributed by atoms with Gasteiger partial charge in [-0.05, 0) is 44.1 Å². The Morgan fingerprint density at radius 3 is 2.26 bits per heavy atom. The second kappa shape index (κ2) is 7.97. The van der Waals surface area contributed by atoms with Crippen LogP contribution < -0.4 is 10.6 Å². The summed E-state index contributed by atoms with van der Waals surface area (Å²) in [6, 6.07) is 6.23. The van der Waals surface area contributed by atoms with Crippen LogP contribution in [0.15, 0.2) is 24.3 Å². The summed E-state index contributed by atoms with van der Waals surface area (Å²) in [5.74, 6) is -0.959. The fraction of sp³-hybridized carbons (Fsp3) is 0.529. The van der Waals surface area contributed by atoms with Crippen molar-refractivity contribution in [3.05, 3.63) is 35.4 Å². The van der Waals surface area contributed by atoms with Crippen LogP contribution in [0.3, 0.4) is 0 Å². The minimum atomic E-state index is -0.959. The minimum absolute atomic E-state index is 0.0132. The first-order valence-corrected chi connectivity index (χ1v) is 7.63. The number of aromatic carboxylic acids is 1. The average Bonchev–Trinajstić information content (AvgIpc) is 2.44. The van der Waals surface area contributed by atoms with Crippen LogP contribution in [0.2, 0.25) is 0 Å². The van der Waals surface area contributed by atoms with E-state index in [2.05, 4.69) is 29.4 Å². The monoisotopic (exact) mass is 321 g/mol. The van der Waals surface area contributed by atoms with Gasteiger partial charge >= 0.3 is 12.0 Å². The Balaban J connectivity index is 2.49. The molecule has 6 heteroatoms. The number of hydrogen-bond donors (Lipinski definition) is 3. The molecule has 0 aliphatic rings. The predicted molar refractivity (Wildman–Crippen MR) is 90.6 cm³/mol. The summed E-state index contributed by atoms with van der Waals surface area (Å²) in [5.41, 5.74) is 1.03. The molecule has 0 spiro atoms. The van der Waals surface area contributed by atoms with E-state index in [4.69, 9.17) is 5.11 Å². The van der Waals surface area contributed by atoms with Gasteiger partial charge in [0.05, 0.1) is 5.56 Å². The quantitative estimate of drug-likeness (QED) is 0.719. The lowest BCUT2D eigenvalue weighted by molar-refractivity contribution is 0.0697. The largest absolute Gasteiger partial charge is 0.478 e. The van der Waals surface area contributed by atoms with E-state index in [1.165, 1.54) is 12.1 Å². The molecule has 0 fully saturated rings. The normalized spacial score (nSPS) is 12.8. The molecule has 0 bridgehead atoms. The van der Waals surface area contributed by atoms with Gasteiger partial charge in [0.2, 0.25) is 0 Å². The number of hydrogen-bond acceptors (Lipinski definition) is 3. The third-order valence-electron chi connectivity index (χ3n) is 3.90. The number of carbonyl (C=O) groups excluding carboxylic acids is 1. The average molecular weight is 321 g/mol. The van der Waals surface area contributed by atoms with Crippen LogP contribution >= 0.6 is 0 Å². The van der Waals surface area contributed by atoms with Crippen LogP contribution in [0.1, 0.15) is 36.7 Å². The Kier molecular flexibility index (Phi) is 6.57. The molecule has 0 radical (unpaired) electrons. The molecule has 0 aliphatic carbocycles. The Hall–Kier alpha value is -2.08. The molecular weight excluding hydrogens is 294 g/mol. The van der Waals surface area contributed by atoms with Gasteiger partial charge in [-0.25, -0.2) is 9.59 Å². The van der Waals surface area contributed by atoms with Gasteiger partial charge in [-0.3, -0.25) is 0 Å². The van der Waals surface area contributed by atoms with Crippen LogP contribution in [0, 0.1) is 5.41 Å². The molecule has 0 saturated carbocycles. The molecule has 2 amide bonds. The first kappa shape index (κ1) is 19.0. The van der Waals surface area contributed by atoms with Gasteiger partial charge in [-0.1, -0.05) is 26.0 Å². The van der Waals surface area contributed by atoms with Crippen molar-refractivity contribution < 1.29 is 14.7 Å². The number of carboxylic acids is 1. The third kappa shape index (κ3) is 6.28. The Bertz CT molecular complexity index is 539. The fourth-order valence-electron chi connectivity index (χ4n) is 2.34. The van der Waals surface area contributed by atoms with Gasteiger partial charge in [-0.15, -0.1) is 0 Å². The van der Waals surface area contributed by atoms with E-state index in [-0.39, 0.29) is 23.1 Å². The molecule has 23 heavy (non-hydrogen) atoms. The highest BCUT2D eigenvalue weighted by molar-refractivity contribution is 5.87. The fourth-order valence-corrected chi connectivity index (χ4v) is 2.34. The minimum Gasteiger partial charge on any atom is -0.478 e. The molecular formula is C17H27N3O3. The number of benzene rings is 1. The summed E-state index contributed by atoms with van der Waals surface area (Å²) in [4.78, 5) is 24.9. The van der Waals surface area contributed by atoms with Gasteiger partial charge in [0.25, 0.3) is 0 Å². The van der Waals surface area contributed by atoms with Gasteiger partial charge in [-0.2, -0.15) is 0 Å². The molecule has 3 N–H and O–H groups in total. The number of carbonyl (C=O) groups is 2. The molecule has 6 nitrogen and oxygen atoms in total. The van der Waals surface area contributed by atoms with Crippen LogP contribution in [0.25, 0.3) is 0 Å². The number of amides is 2. The van der Waals surface area contributed by atoms with Crippen LogP contribution in [-0.4, -0.2) is 48.7 Å². The van der Waals surface area contributed by atoms with Gasteiger partial charge in [0, 0.05) is 19.1 Å². The van der Waals surface area contributed by atoms with E-state index in [0.717, 1.165) is 12.1 Å². The zero-order chi connectivity index (χ0) is 17.6. The standard InChI is InChI=1S/C17H27N3O3/c1-12(17(2,3)11-20(4)5)19-16(23)18-10-13-6-8-14(9-7-13)15(21)22/h6-9,12H,10-11H2,1-5H3,(H,21,22)(H2,18,19,23). The summed E-state index contributed by atoms with van der Waals surface area (Å²) < 4.78 is 0. The van der Waals surface area contributed by atoms with Crippen molar-refractivity contribution in [1.29, 1.82) is 0 Å².